The molecule has 1 aromatic heterocycles. The van der Waals surface area contributed by atoms with Gasteiger partial charge in [0.25, 0.3) is 5.91 Å². The first-order valence-corrected chi connectivity index (χ1v) is 9.23. The molecule has 6 heteroatoms. The molecule has 1 N–H and O–H groups in total. The zero-order valence-corrected chi connectivity index (χ0v) is 14.2. The van der Waals surface area contributed by atoms with E-state index in [1.54, 1.807) is 6.07 Å². The summed E-state index contributed by atoms with van der Waals surface area (Å²) in [7, 11) is 0. The van der Waals surface area contributed by atoms with Crippen molar-refractivity contribution in [1.82, 2.24) is 14.7 Å². The van der Waals surface area contributed by atoms with E-state index < -0.39 is 5.97 Å². The highest BCUT2D eigenvalue weighted by atomic mass is 16.4. The van der Waals surface area contributed by atoms with Crippen LogP contribution in [0.5, 0.6) is 0 Å². The molecule has 132 valence electrons. The second-order valence-corrected chi connectivity index (χ2v) is 7.06. The van der Waals surface area contributed by atoms with Gasteiger partial charge in [-0.25, -0.2) is 4.68 Å². The summed E-state index contributed by atoms with van der Waals surface area (Å²) in [6.07, 6.45) is 13.0. The number of amides is 1. The van der Waals surface area contributed by atoms with Crippen LogP contribution in [0.1, 0.15) is 74.7 Å². The number of nitrogens with zero attached hydrogens (tertiary/aromatic N) is 3. The molecule has 0 spiro atoms. The zero-order valence-electron chi connectivity index (χ0n) is 14.2. The monoisotopic (exact) mass is 333 g/mol. The van der Waals surface area contributed by atoms with Crippen molar-refractivity contribution >= 4 is 11.9 Å². The van der Waals surface area contributed by atoms with E-state index in [1.807, 2.05) is 0 Å². The Morgan fingerprint density at radius 2 is 1.58 bits per heavy atom. The molecule has 0 aliphatic heterocycles. The molecule has 24 heavy (non-hydrogen) atoms. The number of carbonyl (C=O) groups is 2. The first-order chi connectivity index (χ1) is 11.7. The number of carbonyl (C=O) groups excluding carboxylic acids is 1. The molecule has 2 aliphatic rings. The third kappa shape index (κ3) is 3.79. The van der Waals surface area contributed by atoms with Gasteiger partial charge in [0, 0.05) is 18.3 Å². The Bertz CT molecular complexity index is 554. The van der Waals surface area contributed by atoms with Crippen LogP contribution in [-0.4, -0.2) is 43.7 Å². The minimum atomic E-state index is -0.977. The fourth-order valence-electron chi connectivity index (χ4n) is 4.25. The van der Waals surface area contributed by atoms with E-state index in [9.17, 15) is 9.59 Å². The number of rotatable bonds is 5. The van der Waals surface area contributed by atoms with Crippen molar-refractivity contribution in [2.45, 2.75) is 82.8 Å². The second-order valence-electron chi connectivity index (χ2n) is 7.06. The number of hydrogen-bond donors (Lipinski definition) is 1. The number of hydrogen-bond acceptors (Lipinski definition) is 3. The van der Waals surface area contributed by atoms with Crippen molar-refractivity contribution in [3.05, 3.63) is 18.0 Å². The maximum Gasteiger partial charge on any atom is 0.325 e. The molecule has 0 atom stereocenters. The van der Waals surface area contributed by atoms with Crippen LogP contribution in [0.25, 0.3) is 0 Å². The van der Waals surface area contributed by atoms with Gasteiger partial charge in [-0.15, -0.1) is 0 Å². The summed E-state index contributed by atoms with van der Waals surface area (Å²) in [5, 5.41) is 13.1. The smallest absolute Gasteiger partial charge is 0.325 e. The van der Waals surface area contributed by atoms with Crippen molar-refractivity contribution < 1.29 is 14.7 Å². The maximum atomic E-state index is 13.3. The molecule has 0 aromatic carbocycles. The van der Waals surface area contributed by atoms with Crippen LogP contribution in [0.2, 0.25) is 0 Å². The van der Waals surface area contributed by atoms with Crippen LogP contribution in [0.15, 0.2) is 12.3 Å². The summed E-state index contributed by atoms with van der Waals surface area (Å²) >= 11 is 0. The molecule has 0 radical (unpaired) electrons. The largest absolute Gasteiger partial charge is 0.480 e. The van der Waals surface area contributed by atoms with Crippen LogP contribution in [-0.2, 0) is 11.3 Å². The fourth-order valence-corrected chi connectivity index (χ4v) is 4.25. The third-order valence-corrected chi connectivity index (χ3v) is 5.39. The van der Waals surface area contributed by atoms with Gasteiger partial charge in [-0.2, -0.15) is 5.10 Å². The van der Waals surface area contributed by atoms with Gasteiger partial charge in [0.15, 0.2) is 0 Å². The molecule has 2 saturated carbocycles. The number of aromatic nitrogens is 2. The molecule has 2 aliphatic carbocycles. The number of carboxylic acid groups (broad SMARTS) is 1. The third-order valence-electron chi connectivity index (χ3n) is 5.39. The Morgan fingerprint density at radius 1 is 1.04 bits per heavy atom. The van der Waals surface area contributed by atoms with Crippen LogP contribution < -0.4 is 0 Å². The number of carboxylic acids is 1. The highest BCUT2D eigenvalue weighted by Crippen LogP contribution is 2.31. The van der Waals surface area contributed by atoms with Crippen molar-refractivity contribution in [3.8, 4) is 0 Å². The first-order valence-electron chi connectivity index (χ1n) is 9.23. The van der Waals surface area contributed by atoms with Gasteiger partial charge < -0.3 is 10.0 Å². The van der Waals surface area contributed by atoms with Gasteiger partial charge in [-0.3, -0.25) is 9.59 Å². The molecular weight excluding hydrogens is 306 g/mol. The zero-order chi connectivity index (χ0) is 16.9. The summed E-state index contributed by atoms with van der Waals surface area (Å²) < 4.78 is 1.32. The lowest BCUT2D eigenvalue weighted by Gasteiger charge is -2.41. The predicted octanol–water partition coefficient (Wildman–Crippen LogP) is 3.08. The lowest BCUT2D eigenvalue weighted by Crippen LogP contribution is -2.49. The Hall–Kier alpha value is -1.85. The number of aliphatic carboxylic acids is 1. The van der Waals surface area contributed by atoms with E-state index >= 15 is 0 Å². The van der Waals surface area contributed by atoms with Crippen molar-refractivity contribution in [2.75, 3.05) is 0 Å². The SMILES string of the molecule is O=C(O)Cn1nccc1C(=O)N(C1CCCCC1)C1CCCCC1. The van der Waals surface area contributed by atoms with E-state index in [0.29, 0.717) is 17.8 Å². The van der Waals surface area contributed by atoms with Crippen molar-refractivity contribution in [1.29, 1.82) is 0 Å². The highest BCUT2D eigenvalue weighted by molar-refractivity contribution is 5.93. The lowest BCUT2D eigenvalue weighted by atomic mass is 9.88. The molecule has 1 heterocycles. The molecule has 1 amide bonds. The minimum Gasteiger partial charge on any atom is -0.480 e. The van der Waals surface area contributed by atoms with Gasteiger partial charge in [0.1, 0.15) is 12.2 Å². The predicted molar refractivity (Wildman–Crippen MR) is 89.8 cm³/mol. The van der Waals surface area contributed by atoms with Crippen molar-refractivity contribution in [3.63, 3.8) is 0 Å². The molecule has 0 unspecified atom stereocenters. The summed E-state index contributed by atoms with van der Waals surface area (Å²) in [5.74, 6) is -1.01. The normalized spacial score (nSPS) is 20.0. The van der Waals surface area contributed by atoms with Gasteiger partial charge >= 0.3 is 5.97 Å². The van der Waals surface area contributed by atoms with Gasteiger partial charge in [0.2, 0.25) is 0 Å². The van der Waals surface area contributed by atoms with Gasteiger partial charge in [0.05, 0.1) is 0 Å². The Morgan fingerprint density at radius 3 is 2.08 bits per heavy atom. The van der Waals surface area contributed by atoms with Crippen LogP contribution in [0, 0.1) is 0 Å². The molecule has 0 saturated heterocycles. The van der Waals surface area contributed by atoms with Crippen LogP contribution in [0.4, 0.5) is 0 Å². The average Bonchev–Trinajstić information content (AvgIpc) is 3.04. The first kappa shape index (κ1) is 17.0. The van der Waals surface area contributed by atoms with Crippen LogP contribution >= 0.6 is 0 Å². The highest BCUT2D eigenvalue weighted by Gasteiger charge is 2.34. The maximum absolute atomic E-state index is 13.3. The minimum absolute atomic E-state index is 0.0347. The molecule has 3 rings (SSSR count). The van der Waals surface area contributed by atoms with E-state index in [-0.39, 0.29) is 12.5 Å². The second kappa shape index (κ2) is 7.81. The van der Waals surface area contributed by atoms with E-state index in [4.69, 9.17) is 5.11 Å². The molecule has 1 aromatic rings. The lowest BCUT2D eigenvalue weighted by molar-refractivity contribution is -0.137. The topological polar surface area (TPSA) is 75.4 Å². The van der Waals surface area contributed by atoms with Crippen LogP contribution in [0.3, 0.4) is 0 Å². The van der Waals surface area contributed by atoms with E-state index in [2.05, 4.69) is 10.00 Å². The average molecular weight is 333 g/mol. The van der Waals surface area contributed by atoms with E-state index in [1.165, 1.54) is 49.4 Å². The Balaban J connectivity index is 1.84. The summed E-state index contributed by atoms with van der Waals surface area (Å²) in [4.78, 5) is 26.4. The summed E-state index contributed by atoms with van der Waals surface area (Å²) in [6.45, 7) is -0.267. The Kier molecular flexibility index (Phi) is 5.53. The Labute approximate surface area is 142 Å². The standard InChI is InChI=1S/C18H27N3O3/c22-17(23)13-20-16(11-12-19-20)18(24)21(14-7-3-1-4-8-14)15-9-5-2-6-10-15/h11-12,14-15H,1-10,13H2,(H,22,23). The van der Waals surface area contributed by atoms with Crippen molar-refractivity contribution in [2.24, 2.45) is 0 Å². The molecule has 2 fully saturated rings. The fraction of sp³-hybridized carbons (Fsp3) is 0.722. The molecule has 0 bridgehead atoms. The summed E-state index contributed by atoms with van der Waals surface area (Å²) in [6, 6.07) is 2.24. The molecular formula is C18H27N3O3. The van der Waals surface area contributed by atoms with Gasteiger partial charge in [-0.1, -0.05) is 38.5 Å². The van der Waals surface area contributed by atoms with E-state index in [0.717, 1.165) is 25.7 Å². The molecule has 6 nitrogen and oxygen atoms in total. The summed E-state index contributed by atoms with van der Waals surface area (Å²) in [5.41, 5.74) is 0.411. The quantitative estimate of drug-likeness (QED) is 0.898. The van der Waals surface area contributed by atoms with Gasteiger partial charge in [-0.05, 0) is 31.7 Å².